The molecule has 0 spiro atoms. The van der Waals surface area contributed by atoms with Gasteiger partial charge < -0.3 is 39.8 Å². The molecule has 0 radical (unpaired) electrons. The van der Waals surface area contributed by atoms with Crippen LogP contribution in [0, 0.1) is 13.8 Å². The van der Waals surface area contributed by atoms with Crippen LogP contribution in [0.1, 0.15) is 56.6 Å². The highest BCUT2D eigenvalue weighted by atomic mass is 16.5. The number of hydrogen-bond acceptors (Lipinski definition) is 10. The Morgan fingerprint density at radius 2 is 0.926 bits per heavy atom. The highest BCUT2D eigenvalue weighted by Crippen LogP contribution is 2.36. The maximum Gasteiger partial charge on any atom is 0.120 e. The van der Waals surface area contributed by atoms with E-state index in [4.69, 9.17) is 18.9 Å². The molecule has 6 aromatic carbocycles. The van der Waals surface area contributed by atoms with E-state index in [2.05, 4.69) is 143 Å². The first-order chi connectivity index (χ1) is 33.4. The Morgan fingerprint density at radius 3 is 1.34 bits per heavy atom. The third kappa shape index (κ3) is 11.9. The lowest BCUT2D eigenvalue weighted by Gasteiger charge is -2.27. The average molecular weight is 917 g/mol. The van der Waals surface area contributed by atoms with Crippen molar-refractivity contribution in [2.75, 3.05) is 78.8 Å². The number of morpholine rings is 2. The van der Waals surface area contributed by atoms with Crippen LogP contribution in [0.4, 0.5) is 0 Å². The van der Waals surface area contributed by atoms with Gasteiger partial charge in [0.15, 0.2) is 0 Å². The summed E-state index contributed by atoms with van der Waals surface area (Å²) in [5.41, 5.74) is 14.5. The Kier molecular flexibility index (Phi) is 16.3. The first-order valence-electron chi connectivity index (χ1n) is 24.6. The Balaban J connectivity index is 0.000000170. The van der Waals surface area contributed by atoms with Crippen LogP contribution in [0.25, 0.3) is 22.3 Å². The smallest absolute Gasteiger partial charge is 0.120 e. The van der Waals surface area contributed by atoms with Crippen LogP contribution in [0.2, 0.25) is 0 Å². The van der Waals surface area contributed by atoms with Gasteiger partial charge in [-0.25, -0.2) is 0 Å². The van der Waals surface area contributed by atoms with Crippen LogP contribution in [0.3, 0.4) is 0 Å². The van der Waals surface area contributed by atoms with Crippen molar-refractivity contribution in [1.82, 2.24) is 20.4 Å². The van der Waals surface area contributed by atoms with E-state index in [-0.39, 0.29) is 12.1 Å². The number of fused-ring (bicyclic) bond motifs is 2. The molecular formula is C58H68N4O6. The molecule has 0 unspecified atom stereocenters. The zero-order chi connectivity index (χ0) is 46.7. The molecule has 0 amide bonds. The van der Waals surface area contributed by atoms with Gasteiger partial charge in [-0.05, 0) is 105 Å². The summed E-state index contributed by atoms with van der Waals surface area (Å²) in [4.78, 5) is 4.81. The van der Waals surface area contributed by atoms with Crippen molar-refractivity contribution in [2.24, 2.45) is 0 Å². The molecule has 2 aliphatic heterocycles. The Bertz CT molecular complexity index is 2370. The third-order valence-corrected chi connectivity index (χ3v) is 14.2. The number of aliphatic hydroxyl groups excluding tert-OH is 2. The molecule has 10 nitrogen and oxygen atoms in total. The topological polar surface area (TPSA) is 108 Å². The Labute approximate surface area is 402 Å². The molecule has 2 fully saturated rings. The molecule has 356 valence electrons. The monoisotopic (exact) mass is 917 g/mol. The van der Waals surface area contributed by atoms with Crippen molar-refractivity contribution in [2.45, 2.75) is 64.2 Å². The predicted molar refractivity (Wildman–Crippen MR) is 270 cm³/mol. The molecule has 10 heteroatoms. The molecule has 0 aromatic heterocycles. The summed E-state index contributed by atoms with van der Waals surface area (Å²) in [6.45, 7) is 16.2. The second-order valence-electron chi connectivity index (χ2n) is 18.5. The molecule has 2 aliphatic carbocycles. The number of nitrogens with zero attached hydrogens (tertiary/aromatic N) is 2. The summed E-state index contributed by atoms with van der Waals surface area (Å²) < 4.78 is 23.2. The summed E-state index contributed by atoms with van der Waals surface area (Å²) in [6.07, 6.45) is 0.508. The largest absolute Gasteiger partial charge is 0.489 e. The van der Waals surface area contributed by atoms with E-state index in [1.807, 2.05) is 24.3 Å². The molecule has 68 heavy (non-hydrogen) atoms. The van der Waals surface area contributed by atoms with Gasteiger partial charge in [0, 0.05) is 65.2 Å². The zero-order valence-electron chi connectivity index (χ0n) is 39.7. The van der Waals surface area contributed by atoms with E-state index in [0.717, 1.165) is 90.3 Å². The van der Waals surface area contributed by atoms with Crippen molar-refractivity contribution in [1.29, 1.82) is 0 Å². The summed E-state index contributed by atoms with van der Waals surface area (Å²) in [5, 5.41) is 28.5. The Morgan fingerprint density at radius 1 is 0.515 bits per heavy atom. The number of hydrogen-bond donors (Lipinski definition) is 4. The van der Waals surface area contributed by atoms with Gasteiger partial charge in [0.1, 0.15) is 24.7 Å². The van der Waals surface area contributed by atoms with Crippen molar-refractivity contribution >= 4 is 0 Å². The predicted octanol–water partition coefficient (Wildman–Crippen LogP) is 8.24. The van der Waals surface area contributed by atoms with Gasteiger partial charge in [0.25, 0.3) is 0 Å². The summed E-state index contributed by atoms with van der Waals surface area (Å²) in [7, 11) is 0. The first-order valence-corrected chi connectivity index (χ1v) is 24.6. The van der Waals surface area contributed by atoms with E-state index in [9.17, 15) is 10.2 Å². The molecule has 4 aliphatic rings. The highest BCUT2D eigenvalue weighted by molar-refractivity contribution is 5.69. The molecule has 2 saturated heterocycles. The van der Waals surface area contributed by atoms with Crippen molar-refractivity contribution in [3.63, 3.8) is 0 Å². The van der Waals surface area contributed by atoms with Crippen molar-refractivity contribution < 1.29 is 29.2 Å². The number of aliphatic hydroxyl groups is 2. The van der Waals surface area contributed by atoms with Gasteiger partial charge in [-0.15, -0.1) is 0 Å². The minimum atomic E-state index is -0.403. The van der Waals surface area contributed by atoms with E-state index in [1.165, 1.54) is 66.8 Å². The molecule has 4 atom stereocenters. The molecular weight excluding hydrogens is 849 g/mol. The lowest BCUT2D eigenvalue weighted by molar-refractivity contribution is 0.0372. The molecule has 6 aromatic rings. The summed E-state index contributed by atoms with van der Waals surface area (Å²) >= 11 is 0. The SMILES string of the molecule is Cc1c(COc2ccc3c(c2)C[C@H](O)[C@@H]3NCCN2CCOCC2)cccc1-c1ccccc1.Cc1c(COc2ccc3c(c2)C[C@H](O)[C@H]3NCCN2CCOCC2)cccc1-c1ccccc1. The van der Waals surface area contributed by atoms with Gasteiger partial charge in [-0.1, -0.05) is 109 Å². The lowest BCUT2D eigenvalue weighted by atomic mass is 9.97. The minimum absolute atomic E-state index is 0.0186. The second-order valence-corrected chi connectivity index (χ2v) is 18.5. The Hall–Kier alpha value is -5.40. The second kappa shape index (κ2) is 23.3. The molecule has 0 saturated carbocycles. The fourth-order valence-electron chi connectivity index (χ4n) is 10.2. The molecule has 4 N–H and O–H groups in total. The lowest BCUT2D eigenvalue weighted by Crippen LogP contribution is -2.41. The minimum Gasteiger partial charge on any atom is -0.489 e. The van der Waals surface area contributed by atoms with E-state index >= 15 is 0 Å². The fraction of sp³-hybridized carbons (Fsp3) is 0.379. The van der Waals surface area contributed by atoms with Crippen molar-refractivity contribution in [3.05, 3.63) is 178 Å². The van der Waals surface area contributed by atoms with Crippen LogP contribution in [0.5, 0.6) is 11.5 Å². The molecule has 10 rings (SSSR count). The fourth-order valence-corrected chi connectivity index (χ4v) is 10.2. The first kappa shape index (κ1) is 47.7. The maximum atomic E-state index is 10.7. The van der Waals surface area contributed by atoms with Crippen LogP contribution in [0.15, 0.2) is 133 Å². The van der Waals surface area contributed by atoms with Gasteiger partial charge in [-0.3, -0.25) is 9.80 Å². The zero-order valence-corrected chi connectivity index (χ0v) is 39.7. The molecule has 0 bridgehead atoms. The van der Waals surface area contributed by atoms with E-state index in [1.54, 1.807) is 0 Å². The number of nitrogens with one attached hydrogen (secondary N) is 2. The third-order valence-electron chi connectivity index (χ3n) is 14.2. The van der Waals surface area contributed by atoms with Crippen LogP contribution in [-0.4, -0.2) is 111 Å². The highest BCUT2D eigenvalue weighted by Gasteiger charge is 2.32. The number of rotatable bonds is 16. The van der Waals surface area contributed by atoms with Gasteiger partial charge >= 0.3 is 0 Å². The summed E-state index contributed by atoms with van der Waals surface area (Å²) in [5.74, 6) is 1.70. The summed E-state index contributed by atoms with van der Waals surface area (Å²) in [6, 6.07) is 46.2. The van der Waals surface area contributed by atoms with Crippen LogP contribution >= 0.6 is 0 Å². The van der Waals surface area contributed by atoms with Crippen molar-refractivity contribution in [3.8, 4) is 33.8 Å². The normalized spacial score (nSPS) is 20.3. The van der Waals surface area contributed by atoms with E-state index in [0.29, 0.717) is 26.1 Å². The van der Waals surface area contributed by atoms with Crippen LogP contribution in [-0.2, 0) is 35.5 Å². The van der Waals surface area contributed by atoms with Crippen LogP contribution < -0.4 is 20.1 Å². The quantitative estimate of drug-likeness (QED) is 0.0759. The van der Waals surface area contributed by atoms with E-state index < -0.39 is 12.2 Å². The molecule has 2 heterocycles. The van der Waals surface area contributed by atoms with Gasteiger partial charge in [0.2, 0.25) is 0 Å². The average Bonchev–Trinajstić information content (AvgIpc) is 3.87. The van der Waals surface area contributed by atoms with Gasteiger partial charge in [0.05, 0.1) is 50.7 Å². The van der Waals surface area contributed by atoms with Gasteiger partial charge in [-0.2, -0.15) is 0 Å². The number of benzene rings is 6. The maximum absolute atomic E-state index is 10.7. The standard InChI is InChI=1S/2C29H34N2O3/c2*1-21-23(8-5-9-26(21)22-6-3-2-4-7-22)20-34-25-10-11-27-24(18-25)19-28(32)29(27)30-12-13-31-14-16-33-17-15-31/h2*2-11,18,28-30,32H,12-17,19-20H2,1H3/t28-,29+;28-,29-/m00/s1. The number of ether oxygens (including phenoxy) is 4.